The van der Waals surface area contributed by atoms with Crippen molar-refractivity contribution < 1.29 is 9.94 Å². The Kier molecular flexibility index (Phi) is 4.62. The van der Waals surface area contributed by atoms with Crippen molar-refractivity contribution in [3.63, 3.8) is 0 Å². The van der Waals surface area contributed by atoms with E-state index in [-0.39, 0.29) is 23.4 Å². The molecule has 1 aliphatic rings. The molecule has 0 spiro atoms. The summed E-state index contributed by atoms with van der Waals surface area (Å²) in [6.07, 6.45) is 1.12. The van der Waals surface area contributed by atoms with E-state index in [0.717, 1.165) is 18.6 Å². The van der Waals surface area contributed by atoms with E-state index < -0.39 is 0 Å². The predicted molar refractivity (Wildman–Crippen MR) is 79.0 cm³/mol. The fourth-order valence-electron chi connectivity index (χ4n) is 2.55. The molecule has 0 saturated carbocycles. The summed E-state index contributed by atoms with van der Waals surface area (Å²) >= 11 is 0. The van der Waals surface area contributed by atoms with Crippen molar-refractivity contribution in [1.82, 2.24) is 5.32 Å². The molecule has 0 aromatic heterocycles. The van der Waals surface area contributed by atoms with Crippen LogP contribution in [-0.4, -0.2) is 35.8 Å². The maximum Gasteiger partial charge on any atom is 0.147 e. The van der Waals surface area contributed by atoms with E-state index in [1.165, 1.54) is 0 Å². The van der Waals surface area contributed by atoms with Crippen molar-refractivity contribution >= 4 is 5.84 Å². The predicted octanol–water partition coefficient (Wildman–Crippen LogP) is 1.67. The zero-order valence-electron chi connectivity index (χ0n) is 12.0. The quantitative estimate of drug-likeness (QED) is 0.331. The van der Waals surface area contributed by atoms with Gasteiger partial charge in [-0.1, -0.05) is 35.5 Å². The Balaban J connectivity index is 2.10. The molecule has 2 rings (SSSR count). The van der Waals surface area contributed by atoms with E-state index in [9.17, 15) is 0 Å². The minimum Gasteiger partial charge on any atom is -0.409 e. The van der Waals surface area contributed by atoms with Crippen molar-refractivity contribution in [3.05, 3.63) is 35.9 Å². The van der Waals surface area contributed by atoms with Crippen molar-refractivity contribution in [2.24, 2.45) is 10.9 Å². The van der Waals surface area contributed by atoms with Crippen LogP contribution in [-0.2, 0) is 4.74 Å². The second-order valence-electron chi connectivity index (χ2n) is 5.55. The molecule has 1 saturated heterocycles. The normalized spacial score (nSPS) is 28.5. The Bertz CT molecular complexity index is 463. The number of benzene rings is 1. The first-order chi connectivity index (χ1) is 9.57. The largest absolute Gasteiger partial charge is 0.409 e. The molecule has 1 fully saturated rings. The third-order valence-electron chi connectivity index (χ3n) is 4.27. The summed E-state index contributed by atoms with van der Waals surface area (Å²) < 4.78 is 5.62. The van der Waals surface area contributed by atoms with Crippen molar-refractivity contribution in [3.8, 4) is 0 Å². The Morgan fingerprint density at radius 1 is 1.55 bits per heavy atom. The lowest BCUT2D eigenvalue weighted by Crippen LogP contribution is -2.50. The number of hydrogen-bond donors (Lipinski definition) is 3. The summed E-state index contributed by atoms with van der Waals surface area (Å²) in [6.45, 7) is 5.61. The van der Waals surface area contributed by atoms with Gasteiger partial charge in [0.1, 0.15) is 5.84 Å². The maximum atomic E-state index is 8.99. The number of rotatable bonds is 5. The van der Waals surface area contributed by atoms with Crippen molar-refractivity contribution in [2.75, 3.05) is 13.2 Å². The van der Waals surface area contributed by atoms with Gasteiger partial charge in [-0.3, -0.25) is 0 Å². The van der Waals surface area contributed by atoms with Crippen LogP contribution in [0, 0.1) is 0 Å². The van der Waals surface area contributed by atoms with Crippen LogP contribution in [0.25, 0.3) is 0 Å². The number of amidine groups is 1. The third kappa shape index (κ3) is 3.11. The van der Waals surface area contributed by atoms with Gasteiger partial charge in [-0.05, 0) is 25.8 Å². The Morgan fingerprint density at radius 2 is 2.25 bits per heavy atom. The van der Waals surface area contributed by atoms with E-state index in [0.29, 0.717) is 6.54 Å². The van der Waals surface area contributed by atoms with Crippen LogP contribution in [0.1, 0.15) is 31.7 Å². The smallest absolute Gasteiger partial charge is 0.147 e. The second kappa shape index (κ2) is 6.24. The van der Waals surface area contributed by atoms with Gasteiger partial charge in [0, 0.05) is 18.7 Å². The van der Waals surface area contributed by atoms with E-state index in [1.54, 1.807) is 0 Å². The van der Waals surface area contributed by atoms with E-state index in [1.807, 2.05) is 30.3 Å². The minimum absolute atomic E-state index is 0.0667. The topological polar surface area (TPSA) is 79.9 Å². The first-order valence-corrected chi connectivity index (χ1v) is 6.96. The van der Waals surface area contributed by atoms with Gasteiger partial charge >= 0.3 is 0 Å². The van der Waals surface area contributed by atoms with Gasteiger partial charge in [0.25, 0.3) is 0 Å². The molecule has 5 nitrogen and oxygen atoms in total. The highest BCUT2D eigenvalue weighted by Crippen LogP contribution is 2.26. The molecule has 110 valence electrons. The fraction of sp³-hybridized carbons (Fsp3) is 0.533. The molecule has 0 radical (unpaired) electrons. The maximum absolute atomic E-state index is 8.99. The summed E-state index contributed by atoms with van der Waals surface area (Å²) in [4.78, 5) is 0. The highest BCUT2D eigenvalue weighted by Gasteiger charge is 2.37. The Morgan fingerprint density at radius 3 is 2.80 bits per heavy atom. The first kappa shape index (κ1) is 14.8. The van der Waals surface area contributed by atoms with Crippen LogP contribution >= 0.6 is 0 Å². The molecule has 1 aromatic carbocycles. The number of hydrogen-bond acceptors (Lipinski definition) is 4. The summed E-state index contributed by atoms with van der Waals surface area (Å²) in [5, 5.41) is 15.7. The number of ether oxygens (including phenoxy) is 1. The third-order valence-corrected chi connectivity index (χ3v) is 4.27. The lowest BCUT2D eigenvalue weighted by Gasteiger charge is -2.31. The average Bonchev–Trinajstić information content (AvgIpc) is 2.80. The van der Waals surface area contributed by atoms with Gasteiger partial charge < -0.3 is 21.0 Å². The van der Waals surface area contributed by atoms with Crippen molar-refractivity contribution in [2.45, 2.75) is 37.8 Å². The van der Waals surface area contributed by atoms with Crippen LogP contribution in [0.2, 0.25) is 0 Å². The Hall–Kier alpha value is -1.59. The van der Waals surface area contributed by atoms with Gasteiger partial charge in [0.05, 0.1) is 12.0 Å². The number of oxime groups is 1. The molecule has 1 heterocycles. The lowest BCUT2D eigenvalue weighted by atomic mass is 9.92. The van der Waals surface area contributed by atoms with Crippen molar-refractivity contribution in [1.29, 1.82) is 0 Å². The first-order valence-electron chi connectivity index (χ1n) is 6.96. The van der Waals surface area contributed by atoms with Crippen LogP contribution in [0.3, 0.4) is 0 Å². The second-order valence-corrected chi connectivity index (χ2v) is 5.55. The summed E-state index contributed by atoms with van der Waals surface area (Å²) in [5.41, 5.74) is 6.81. The van der Waals surface area contributed by atoms with E-state index in [2.05, 4.69) is 24.3 Å². The van der Waals surface area contributed by atoms with Gasteiger partial charge in [-0.25, -0.2) is 0 Å². The van der Waals surface area contributed by atoms with Gasteiger partial charge in [-0.2, -0.15) is 0 Å². The monoisotopic (exact) mass is 277 g/mol. The van der Waals surface area contributed by atoms with Crippen LogP contribution in [0.15, 0.2) is 35.5 Å². The molecule has 3 atom stereocenters. The lowest BCUT2D eigenvalue weighted by molar-refractivity contribution is 0.0887. The molecule has 20 heavy (non-hydrogen) atoms. The average molecular weight is 277 g/mol. The Labute approximate surface area is 119 Å². The molecule has 0 amide bonds. The van der Waals surface area contributed by atoms with Gasteiger partial charge in [-0.15, -0.1) is 0 Å². The molecule has 5 heteroatoms. The molecular weight excluding hydrogens is 254 g/mol. The number of nitrogens with two attached hydrogens (primary N) is 1. The molecule has 1 aliphatic heterocycles. The molecule has 1 aromatic rings. The SMILES string of the molecule is CC1OCCC1(C)NCC(/C(N)=N/O)c1ccccc1. The zero-order chi connectivity index (χ0) is 14.6. The zero-order valence-corrected chi connectivity index (χ0v) is 12.0. The van der Waals surface area contributed by atoms with Gasteiger partial charge in [0.2, 0.25) is 0 Å². The summed E-state index contributed by atoms with van der Waals surface area (Å²) in [6, 6.07) is 9.84. The highest BCUT2D eigenvalue weighted by molar-refractivity contribution is 5.87. The van der Waals surface area contributed by atoms with Crippen LogP contribution in [0.5, 0.6) is 0 Å². The highest BCUT2D eigenvalue weighted by atomic mass is 16.5. The standard InChI is InChI=1S/C15H23N3O2/c1-11-15(2,8-9-20-11)17-10-13(14(16)18-19)12-6-4-3-5-7-12/h3-7,11,13,17,19H,8-10H2,1-2H3,(H2,16,18). The molecule has 4 N–H and O–H groups in total. The minimum atomic E-state index is -0.147. The fourth-order valence-corrected chi connectivity index (χ4v) is 2.55. The number of nitrogens with one attached hydrogen (secondary N) is 1. The summed E-state index contributed by atoms with van der Waals surface area (Å²) in [7, 11) is 0. The van der Waals surface area contributed by atoms with E-state index in [4.69, 9.17) is 15.7 Å². The van der Waals surface area contributed by atoms with E-state index >= 15 is 0 Å². The van der Waals surface area contributed by atoms with Crippen LogP contribution < -0.4 is 11.1 Å². The molecule has 3 unspecified atom stereocenters. The number of nitrogens with zero attached hydrogens (tertiary/aromatic N) is 1. The van der Waals surface area contributed by atoms with Crippen LogP contribution in [0.4, 0.5) is 0 Å². The molecule has 0 aliphatic carbocycles. The molecular formula is C15H23N3O2. The molecule has 0 bridgehead atoms. The summed E-state index contributed by atoms with van der Waals surface area (Å²) in [5.74, 6) is 0.0738. The van der Waals surface area contributed by atoms with Gasteiger partial charge in [0.15, 0.2) is 0 Å².